The van der Waals surface area contributed by atoms with Crippen LogP contribution in [0.4, 0.5) is 0 Å². The third-order valence-electron chi connectivity index (χ3n) is 11.9. The summed E-state index contributed by atoms with van der Waals surface area (Å²) in [6.45, 7) is 36.1. The molecule has 0 N–H and O–H groups in total. The SMILES string of the molecule is C/C=C1/CC/C1=C/C.C/C=C1/CC/C1=C\C.C/C=C1\CC\C1=C/C.C=C(C)C=C1CCC1.C=CC(C)C1=CCC1.C=CC1CCC1C=C.CC(C)=C=C1CCC1. The van der Waals surface area contributed by atoms with Gasteiger partial charge in [0.25, 0.3) is 0 Å². The highest BCUT2D eigenvalue weighted by Gasteiger charge is 2.24. The Hall–Kier alpha value is -3.60. The first-order chi connectivity index (χ1) is 26.9. The summed E-state index contributed by atoms with van der Waals surface area (Å²) in [6, 6.07) is 0. The van der Waals surface area contributed by atoms with Gasteiger partial charge in [0.15, 0.2) is 0 Å². The van der Waals surface area contributed by atoms with Crippen molar-refractivity contribution in [3.8, 4) is 0 Å². The molecule has 308 valence electrons. The minimum Gasteiger partial charge on any atom is -0.123 e. The monoisotopic (exact) mass is 757 g/mol. The molecule has 0 bridgehead atoms. The third kappa shape index (κ3) is 19.0. The summed E-state index contributed by atoms with van der Waals surface area (Å²) >= 11 is 0. The van der Waals surface area contributed by atoms with Crippen molar-refractivity contribution in [3.05, 3.63) is 160 Å². The highest BCUT2D eigenvalue weighted by molar-refractivity contribution is 5.39. The fourth-order valence-electron chi connectivity index (χ4n) is 6.94. The molecule has 3 atom stereocenters. The largest absolute Gasteiger partial charge is 0.123 e. The smallest absolute Gasteiger partial charge is 0.00542 e. The van der Waals surface area contributed by atoms with Gasteiger partial charge in [-0.2, -0.15) is 0 Å². The van der Waals surface area contributed by atoms with Crippen molar-refractivity contribution in [3.63, 3.8) is 0 Å². The summed E-state index contributed by atoms with van der Waals surface area (Å²) in [6.07, 6.45) is 44.8. The van der Waals surface area contributed by atoms with Gasteiger partial charge in [-0.25, -0.2) is 0 Å². The Morgan fingerprint density at radius 1 is 0.589 bits per heavy atom. The van der Waals surface area contributed by atoms with Crippen LogP contribution in [0.2, 0.25) is 0 Å². The first kappa shape index (κ1) is 50.4. The molecule has 0 aliphatic heterocycles. The van der Waals surface area contributed by atoms with E-state index in [0.29, 0.717) is 5.92 Å². The van der Waals surface area contributed by atoms with Crippen LogP contribution in [0, 0.1) is 17.8 Å². The van der Waals surface area contributed by atoms with Gasteiger partial charge in [0.2, 0.25) is 0 Å². The van der Waals surface area contributed by atoms with E-state index in [9.17, 15) is 0 Å². The van der Waals surface area contributed by atoms with Gasteiger partial charge in [-0.3, -0.25) is 0 Å². The standard InChI is InChI=1S/7C8H12/c2*1-7(2)6-8-4-3-5-8;1-3-7(2)8-5-4-6-8;4*1-3-7-5-6-8(7)4-2/h3-5H2,1-2H3;6H,1,3-5H2,2H3;3,5,7H,1,4,6H2,2H3;3*3-4H,5-6H2,1-2H3;3-4,7-8H,1-2,5-6H2/b;;;7-3+,8-4+;7-3-,8-4+;7-3-,8-4-;. The minimum atomic E-state index is 0.628. The highest BCUT2D eigenvalue weighted by atomic mass is 14.3. The molecule has 0 aromatic heterocycles. The topological polar surface area (TPSA) is 0 Å². The maximum Gasteiger partial charge on any atom is -0.00542 e. The van der Waals surface area contributed by atoms with Crippen molar-refractivity contribution >= 4 is 0 Å². The fraction of sp³-hybridized carbons (Fsp3) is 0.518. The van der Waals surface area contributed by atoms with Crippen molar-refractivity contribution in [2.75, 3.05) is 0 Å². The first-order valence-electron chi connectivity index (χ1n) is 22.2. The van der Waals surface area contributed by atoms with Crippen molar-refractivity contribution in [1.29, 1.82) is 0 Å². The van der Waals surface area contributed by atoms with Crippen molar-refractivity contribution in [1.82, 2.24) is 0 Å². The Labute approximate surface area is 348 Å². The molecule has 7 rings (SSSR count). The lowest BCUT2D eigenvalue weighted by Gasteiger charge is -2.31. The van der Waals surface area contributed by atoms with Crippen LogP contribution in [-0.4, -0.2) is 0 Å². The van der Waals surface area contributed by atoms with Gasteiger partial charge in [-0.15, -0.1) is 25.5 Å². The number of rotatable bonds is 5. The van der Waals surface area contributed by atoms with Crippen molar-refractivity contribution < 1.29 is 0 Å². The zero-order valence-corrected chi connectivity index (χ0v) is 38.2. The molecule has 0 saturated heterocycles. The summed E-state index contributed by atoms with van der Waals surface area (Å²) < 4.78 is 0. The van der Waals surface area contributed by atoms with Gasteiger partial charge in [-0.05, 0) is 227 Å². The molecule has 0 aromatic carbocycles. The second kappa shape index (κ2) is 29.6. The fourth-order valence-corrected chi connectivity index (χ4v) is 6.94. The zero-order valence-electron chi connectivity index (χ0n) is 38.2. The summed E-state index contributed by atoms with van der Waals surface area (Å²) in [7, 11) is 0. The molecule has 56 heavy (non-hydrogen) atoms. The van der Waals surface area contributed by atoms with E-state index in [2.05, 4.69) is 143 Å². The van der Waals surface area contributed by atoms with Crippen molar-refractivity contribution in [2.24, 2.45) is 17.8 Å². The lowest BCUT2D eigenvalue weighted by atomic mass is 9.74. The van der Waals surface area contributed by atoms with Crippen LogP contribution in [0.1, 0.15) is 172 Å². The van der Waals surface area contributed by atoms with E-state index in [1.54, 1.807) is 44.6 Å². The minimum absolute atomic E-state index is 0.628. The molecule has 0 nitrogen and oxygen atoms in total. The molecule has 0 amide bonds. The molecule has 0 radical (unpaired) electrons. The molecular formula is C56H84. The first-order valence-corrected chi connectivity index (χ1v) is 22.2. The van der Waals surface area contributed by atoms with E-state index in [0.717, 1.165) is 11.8 Å². The quantitative estimate of drug-likeness (QED) is 0.194. The molecule has 0 spiro atoms. The number of allylic oxidation sites excluding steroid dienone is 21. The molecular weight excluding hydrogens is 673 g/mol. The Bertz CT molecular complexity index is 1410. The van der Waals surface area contributed by atoms with Crippen LogP contribution < -0.4 is 0 Å². The molecule has 6 fully saturated rings. The average molecular weight is 757 g/mol. The van der Waals surface area contributed by atoms with E-state index in [1.165, 1.54) is 119 Å². The predicted octanol–water partition coefficient (Wildman–Crippen LogP) is 18.3. The second-order valence-corrected chi connectivity index (χ2v) is 16.2. The Morgan fingerprint density at radius 2 is 0.946 bits per heavy atom. The molecule has 0 aromatic rings. The Kier molecular flexibility index (Phi) is 26.7. The van der Waals surface area contributed by atoms with Crippen LogP contribution in [0.15, 0.2) is 160 Å². The number of hydrogen-bond donors (Lipinski definition) is 0. The summed E-state index contributed by atoms with van der Waals surface area (Å²) in [5.41, 5.74) is 19.8. The van der Waals surface area contributed by atoms with Crippen LogP contribution >= 0.6 is 0 Å². The highest BCUT2D eigenvalue weighted by Crippen LogP contribution is 2.35. The normalized spacial score (nSPS) is 25.3. The van der Waals surface area contributed by atoms with Gasteiger partial charge in [0.05, 0.1) is 0 Å². The molecule has 0 heteroatoms. The maximum absolute atomic E-state index is 3.80. The Balaban J connectivity index is 0.000000327. The van der Waals surface area contributed by atoms with Crippen LogP contribution in [0.5, 0.6) is 0 Å². The van der Waals surface area contributed by atoms with Gasteiger partial charge >= 0.3 is 0 Å². The second-order valence-electron chi connectivity index (χ2n) is 16.2. The van der Waals surface area contributed by atoms with E-state index < -0.39 is 0 Å². The predicted molar refractivity (Wildman–Crippen MR) is 256 cm³/mol. The summed E-state index contributed by atoms with van der Waals surface area (Å²) in [5, 5.41) is 0. The lowest BCUT2D eigenvalue weighted by molar-refractivity contribution is 0.287. The summed E-state index contributed by atoms with van der Waals surface area (Å²) in [4.78, 5) is 0. The van der Waals surface area contributed by atoms with Gasteiger partial charge in [-0.1, -0.05) is 97.1 Å². The molecule has 3 unspecified atom stereocenters. The van der Waals surface area contributed by atoms with E-state index in [-0.39, 0.29) is 0 Å². The van der Waals surface area contributed by atoms with Gasteiger partial charge in [0, 0.05) is 0 Å². The summed E-state index contributed by atoms with van der Waals surface area (Å²) in [5.74, 6) is 2.11. The lowest BCUT2D eigenvalue weighted by Crippen LogP contribution is -2.20. The third-order valence-corrected chi connectivity index (χ3v) is 11.9. The maximum atomic E-state index is 3.80. The zero-order chi connectivity index (χ0) is 41.9. The van der Waals surface area contributed by atoms with E-state index >= 15 is 0 Å². The van der Waals surface area contributed by atoms with Crippen LogP contribution in [0.25, 0.3) is 0 Å². The molecule has 6 saturated carbocycles. The van der Waals surface area contributed by atoms with Crippen molar-refractivity contribution in [2.45, 2.75) is 172 Å². The number of hydrogen-bond acceptors (Lipinski definition) is 0. The van der Waals surface area contributed by atoms with Gasteiger partial charge in [0.1, 0.15) is 0 Å². The molecule has 7 aliphatic rings. The Morgan fingerprint density at radius 3 is 1.04 bits per heavy atom. The van der Waals surface area contributed by atoms with Gasteiger partial charge < -0.3 is 0 Å². The van der Waals surface area contributed by atoms with E-state index in [4.69, 9.17) is 0 Å². The molecule has 7 aliphatic carbocycles. The van der Waals surface area contributed by atoms with E-state index in [1.807, 2.05) is 25.2 Å². The van der Waals surface area contributed by atoms with Crippen LogP contribution in [-0.2, 0) is 0 Å². The average Bonchev–Trinajstić information content (AvgIpc) is 3.05. The molecule has 0 heterocycles. The van der Waals surface area contributed by atoms with Crippen LogP contribution in [0.3, 0.4) is 0 Å².